The van der Waals surface area contributed by atoms with E-state index in [1.807, 2.05) is 54.6 Å². The minimum absolute atomic E-state index is 0.736. The quantitative estimate of drug-likeness (QED) is 0.341. The third-order valence-electron chi connectivity index (χ3n) is 4.05. The zero-order valence-electron chi connectivity index (χ0n) is 12.3. The van der Waals surface area contributed by atoms with Crippen molar-refractivity contribution in [2.24, 2.45) is 0 Å². The summed E-state index contributed by atoms with van der Waals surface area (Å²) in [7, 11) is 0. The van der Waals surface area contributed by atoms with E-state index in [1.165, 1.54) is 0 Å². The summed E-state index contributed by atoms with van der Waals surface area (Å²) in [6.45, 7) is 0. The molecule has 0 bridgehead atoms. The molecule has 0 N–H and O–H groups in total. The highest BCUT2D eigenvalue weighted by Gasteiger charge is 2.51. The van der Waals surface area contributed by atoms with E-state index in [9.17, 15) is 0 Å². The van der Waals surface area contributed by atoms with E-state index in [2.05, 4.69) is 52.3 Å². The summed E-state index contributed by atoms with van der Waals surface area (Å²) in [6, 6.07) is 30.3. The minimum atomic E-state index is -1.22. The molecule has 0 aliphatic heterocycles. The number of hydrogen-bond donors (Lipinski definition) is 0. The maximum Gasteiger partial charge on any atom is 0.189 e. The van der Waals surface area contributed by atoms with Crippen LogP contribution in [0.15, 0.2) is 91.0 Å². The van der Waals surface area contributed by atoms with Gasteiger partial charge in [0.05, 0.1) is 5.41 Å². The first-order chi connectivity index (χ1) is 11.1. The molecule has 0 nitrogen and oxygen atoms in total. The van der Waals surface area contributed by atoms with Crippen molar-refractivity contribution < 1.29 is 0 Å². The normalized spacial score (nSPS) is 12.1. The van der Waals surface area contributed by atoms with E-state index < -0.39 is 8.66 Å². The fraction of sp³-hybridized carbons (Fsp3) is 0.100. The van der Waals surface area contributed by atoms with Gasteiger partial charge in [-0.2, -0.15) is 0 Å². The third kappa shape index (κ3) is 2.94. The maximum atomic E-state index is 6.74. The Labute approximate surface area is 155 Å². The highest BCUT2D eigenvalue weighted by molar-refractivity contribution is 9.11. The molecule has 0 aliphatic rings. The van der Waals surface area contributed by atoms with E-state index in [0.29, 0.717) is 0 Å². The molecule has 3 aromatic rings. The molecule has 0 aromatic heterocycles. The van der Waals surface area contributed by atoms with Crippen molar-refractivity contribution in [1.29, 1.82) is 0 Å². The second kappa shape index (κ2) is 6.68. The number of halogens is 3. The lowest BCUT2D eigenvalue weighted by atomic mass is 9.70. The lowest BCUT2D eigenvalue weighted by Crippen LogP contribution is -2.42. The molecule has 3 aromatic carbocycles. The van der Waals surface area contributed by atoms with E-state index in [4.69, 9.17) is 23.2 Å². The summed E-state index contributed by atoms with van der Waals surface area (Å²) in [5, 5.41) is 0. The molecule has 0 atom stereocenters. The molecule has 0 heterocycles. The van der Waals surface area contributed by atoms with Crippen LogP contribution >= 0.6 is 39.1 Å². The van der Waals surface area contributed by atoms with Crippen LogP contribution in [0.3, 0.4) is 0 Å². The highest BCUT2D eigenvalue weighted by Crippen LogP contribution is 2.55. The summed E-state index contributed by atoms with van der Waals surface area (Å²) in [4.78, 5) is 0. The van der Waals surface area contributed by atoms with Crippen LogP contribution in [-0.4, -0.2) is 3.24 Å². The van der Waals surface area contributed by atoms with E-state index in [1.54, 1.807) is 0 Å². The summed E-state index contributed by atoms with van der Waals surface area (Å²) < 4.78 is -1.22. The Hall–Kier alpha value is -1.28. The van der Waals surface area contributed by atoms with Crippen molar-refractivity contribution in [1.82, 2.24) is 0 Å². The van der Waals surface area contributed by atoms with Crippen LogP contribution in [0.4, 0.5) is 0 Å². The Bertz CT molecular complexity index is 653. The van der Waals surface area contributed by atoms with Crippen LogP contribution in [0.25, 0.3) is 0 Å². The smallest absolute Gasteiger partial charge is 0.0870 e. The predicted molar refractivity (Wildman–Crippen MR) is 103 cm³/mol. The molecule has 3 heteroatoms. The minimum Gasteiger partial charge on any atom is -0.0870 e. The molecule has 0 saturated heterocycles. The maximum absolute atomic E-state index is 6.74. The van der Waals surface area contributed by atoms with Crippen molar-refractivity contribution >= 4 is 39.1 Å². The van der Waals surface area contributed by atoms with Crippen molar-refractivity contribution in [3.05, 3.63) is 108 Å². The van der Waals surface area contributed by atoms with Gasteiger partial charge in [0.1, 0.15) is 0 Å². The van der Waals surface area contributed by atoms with Crippen LogP contribution < -0.4 is 0 Å². The van der Waals surface area contributed by atoms with E-state index >= 15 is 0 Å². The van der Waals surface area contributed by atoms with Crippen molar-refractivity contribution in [2.75, 3.05) is 0 Å². The first kappa shape index (κ1) is 16.6. The Kier molecular flexibility index (Phi) is 4.82. The van der Waals surface area contributed by atoms with Gasteiger partial charge in [0.25, 0.3) is 0 Å². The van der Waals surface area contributed by atoms with Crippen LogP contribution in [0.1, 0.15) is 16.7 Å². The van der Waals surface area contributed by atoms with Crippen molar-refractivity contribution in [3.63, 3.8) is 0 Å². The van der Waals surface area contributed by atoms with Crippen LogP contribution in [0, 0.1) is 0 Å². The van der Waals surface area contributed by atoms with Gasteiger partial charge >= 0.3 is 0 Å². The third-order valence-corrected chi connectivity index (χ3v) is 5.21. The number of rotatable bonds is 4. The Morgan fingerprint density at radius 3 is 1.00 bits per heavy atom. The SMILES string of the molecule is ClC(Cl)(Br)C(c1ccccc1)(c1ccccc1)c1ccccc1. The second-order valence-corrected chi connectivity index (χ2v) is 8.78. The lowest BCUT2D eigenvalue weighted by molar-refractivity contribution is 0.646. The topological polar surface area (TPSA) is 0 Å². The average molecular weight is 406 g/mol. The van der Waals surface area contributed by atoms with Gasteiger partial charge in [0, 0.05) is 0 Å². The highest BCUT2D eigenvalue weighted by atomic mass is 79.9. The van der Waals surface area contributed by atoms with Gasteiger partial charge in [0.2, 0.25) is 0 Å². The van der Waals surface area contributed by atoms with Gasteiger partial charge in [-0.3, -0.25) is 0 Å². The molecule has 23 heavy (non-hydrogen) atoms. The van der Waals surface area contributed by atoms with Crippen molar-refractivity contribution in [2.45, 2.75) is 8.66 Å². The standard InChI is InChI=1S/C20H15BrCl2/c21-20(22,23)19(16-10-4-1-5-11-16,17-12-6-2-7-13-17)18-14-8-3-9-15-18/h1-15H. The van der Waals surface area contributed by atoms with E-state index in [-0.39, 0.29) is 0 Å². The van der Waals surface area contributed by atoms with E-state index in [0.717, 1.165) is 16.7 Å². The Balaban J connectivity index is 2.41. The summed E-state index contributed by atoms with van der Waals surface area (Å²) >= 11 is 17.0. The zero-order valence-corrected chi connectivity index (χ0v) is 15.4. The number of benzene rings is 3. The van der Waals surface area contributed by atoms with Crippen LogP contribution in [0.2, 0.25) is 0 Å². The van der Waals surface area contributed by atoms with Gasteiger partial charge < -0.3 is 0 Å². The molecule has 3 rings (SSSR count). The molecule has 0 aliphatic carbocycles. The summed E-state index contributed by atoms with van der Waals surface area (Å²) in [6.07, 6.45) is 0. The lowest BCUT2D eigenvalue weighted by Gasteiger charge is -2.41. The molecule has 0 amide bonds. The van der Waals surface area contributed by atoms with Gasteiger partial charge in [0.15, 0.2) is 3.24 Å². The Morgan fingerprint density at radius 2 is 0.783 bits per heavy atom. The molecule has 0 spiro atoms. The first-order valence-electron chi connectivity index (χ1n) is 7.30. The average Bonchev–Trinajstić information content (AvgIpc) is 2.57. The van der Waals surface area contributed by atoms with Crippen molar-refractivity contribution in [3.8, 4) is 0 Å². The fourth-order valence-electron chi connectivity index (χ4n) is 3.06. The molecule has 0 radical (unpaired) electrons. The monoisotopic (exact) mass is 404 g/mol. The fourth-order valence-corrected chi connectivity index (χ4v) is 4.40. The molecular weight excluding hydrogens is 391 g/mol. The van der Waals surface area contributed by atoms with Gasteiger partial charge in [-0.05, 0) is 32.6 Å². The molecule has 0 saturated carbocycles. The summed E-state index contributed by atoms with van der Waals surface area (Å²) in [5.74, 6) is 0. The van der Waals surface area contributed by atoms with Crippen LogP contribution in [0.5, 0.6) is 0 Å². The number of hydrogen-bond acceptors (Lipinski definition) is 0. The molecule has 0 fully saturated rings. The van der Waals surface area contributed by atoms with Crippen LogP contribution in [-0.2, 0) is 5.41 Å². The second-order valence-electron chi connectivity index (χ2n) is 5.35. The summed E-state index contributed by atoms with van der Waals surface area (Å²) in [5.41, 5.74) is 2.35. The number of alkyl halides is 3. The first-order valence-corrected chi connectivity index (χ1v) is 8.85. The van der Waals surface area contributed by atoms with Gasteiger partial charge in [-0.25, -0.2) is 0 Å². The van der Waals surface area contributed by atoms with Gasteiger partial charge in [-0.1, -0.05) is 114 Å². The van der Waals surface area contributed by atoms with Gasteiger partial charge in [-0.15, -0.1) is 0 Å². The predicted octanol–water partition coefficient (Wildman–Crippen LogP) is 6.55. The molecule has 0 unspecified atom stereocenters. The Morgan fingerprint density at radius 1 is 0.522 bits per heavy atom. The molecule has 116 valence electrons. The largest absolute Gasteiger partial charge is 0.189 e. The zero-order chi connectivity index (χ0) is 16.3. The molecular formula is C20H15BrCl2.